The highest BCUT2D eigenvalue weighted by molar-refractivity contribution is 6.04. The first kappa shape index (κ1) is 23.5. The SMILES string of the molecule is Cc1ccc(-c2cncc3[nH]c(-c4n[nH]c5ccc(-c6cncc(NC(=O)c7ccccc7)c6)cc45)nc23)cc1. The number of nitrogens with zero attached hydrogens (tertiary/aromatic N) is 4. The summed E-state index contributed by atoms with van der Waals surface area (Å²) < 4.78 is 0. The number of anilines is 1. The molecular weight excluding hydrogens is 498 g/mol. The number of amides is 1. The molecule has 0 spiro atoms. The van der Waals surface area contributed by atoms with Crippen molar-refractivity contribution in [2.45, 2.75) is 6.92 Å². The van der Waals surface area contributed by atoms with Gasteiger partial charge in [-0.1, -0.05) is 54.1 Å². The Bertz CT molecular complexity index is 2010. The van der Waals surface area contributed by atoms with Crippen molar-refractivity contribution in [1.29, 1.82) is 0 Å². The summed E-state index contributed by atoms with van der Waals surface area (Å²) >= 11 is 0. The van der Waals surface area contributed by atoms with E-state index in [9.17, 15) is 4.79 Å². The summed E-state index contributed by atoms with van der Waals surface area (Å²) in [7, 11) is 0. The van der Waals surface area contributed by atoms with Crippen LogP contribution >= 0.6 is 0 Å². The van der Waals surface area contributed by atoms with Crippen molar-refractivity contribution in [1.82, 2.24) is 30.1 Å². The second-order valence-corrected chi connectivity index (χ2v) is 9.65. The zero-order valence-electron chi connectivity index (χ0n) is 21.5. The van der Waals surface area contributed by atoms with Crippen molar-refractivity contribution in [3.63, 3.8) is 0 Å². The van der Waals surface area contributed by atoms with Crippen LogP contribution in [-0.4, -0.2) is 36.0 Å². The fourth-order valence-corrected chi connectivity index (χ4v) is 4.82. The maximum absolute atomic E-state index is 12.6. The summed E-state index contributed by atoms with van der Waals surface area (Å²) in [5.41, 5.74) is 9.51. The highest BCUT2D eigenvalue weighted by Gasteiger charge is 2.16. The Morgan fingerprint density at radius 2 is 1.57 bits per heavy atom. The van der Waals surface area contributed by atoms with Crippen LogP contribution in [0.4, 0.5) is 5.69 Å². The molecular formula is C32H23N7O. The van der Waals surface area contributed by atoms with E-state index in [1.807, 2.05) is 42.6 Å². The van der Waals surface area contributed by atoms with Crippen LogP contribution in [0.1, 0.15) is 15.9 Å². The largest absolute Gasteiger partial charge is 0.335 e. The Morgan fingerprint density at radius 3 is 2.42 bits per heavy atom. The van der Waals surface area contributed by atoms with E-state index in [1.54, 1.807) is 30.7 Å². The molecule has 40 heavy (non-hydrogen) atoms. The van der Waals surface area contributed by atoms with E-state index in [2.05, 4.69) is 67.7 Å². The summed E-state index contributed by atoms with van der Waals surface area (Å²) in [4.78, 5) is 29.8. The molecule has 1 amide bonds. The van der Waals surface area contributed by atoms with Gasteiger partial charge in [0.05, 0.1) is 34.6 Å². The van der Waals surface area contributed by atoms with Gasteiger partial charge in [-0.2, -0.15) is 5.10 Å². The van der Waals surface area contributed by atoms with E-state index in [4.69, 9.17) is 4.98 Å². The first-order chi connectivity index (χ1) is 19.6. The molecule has 3 N–H and O–H groups in total. The fraction of sp³-hybridized carbons (Fsp3) is 0.0312. The molecule has 0 radical (unpaired) electrons. The second-order valence-electron chi connectivity index (χ2n) is 9.65. The highest BCUT2D eigenvalue weighted by Crippen LogP contribution is 2.33. The van der Waals surface area contributed by atoms with Crippen molar-refractivity contribution in [3.05, 3.63) is 115 Å². The number of carbonyl (C=O) groups excluding carboxylic acids is 1. The number of rotatable bonds is 5. The lowest BCUT2D eigenvalue weighted by molar-refractivity contribution is 0.102. The molecule has 0 saturated heterocycles. The highest BCUT2D eigenvalue weighted by atomic mass is 16.1. The number of aromatic amines is 2. The molecule has 192 valence electrons. The molecule has 8 heteroatoms. The zero-order valence-corrected chi connectivity index (χ0v) is 21.5. The lowest BCUT2D eigenvalue weighted by Crippen LogP contribution is -2.11. The summed E-state index contributed by atoms with van der Waals surface area (Å²) in [6.07, 6.45) is 7.04. The Morgan fingerprint density at radius 1 is 0.775 bits per heavy atom. The van der Waals surface area contributed by atoms with E-state index in [0.29, 0.717) is 22.8 Å². The van der Waals surface area contributed by atoms with Gasteiger partial charge in [-0.3, -0.25) is 19.9 Å². The molecule has 0 bridgehead atoms. The molecule has 8 nitrogen and oxygen atoms in total. The minimum Gasteiger partial charge on any atom is -0.335 e. The number of nitrogens with one attached hydrogen (secondary N) is 3. The number of pyridine rings is 2. The average molecular weight is 522 g/mol. The van der Waals surface area contributed by atoms with Gasteiger partial charge in [-0.15, -0.1) is 0 Å². The Kier molecular flexibility index (Phi) is 5.63. The van der Waals surface area contributed by atoms with Gasteiger partial charge in [0.15, 0.2) is 5.82 Å². The van der Waals surface area contributed by atoms with Gasteiger partial charge in [0.1, 0.15) is 5.69 Å². The van der Waals surface area contributed by atoms with Crippen LogP contribution < -0.4 is 5.32 Å². The van der Waals surface area contributed by atoms with Gasteiger partial charge < -0.3 is 10.3 Å². The molecule has 0 saturated carbocycles. The topological polar surface area (TPSA) is 112 Å². The number of carbonyl (C=O) groups is 1. The predicted octanol–water partition coefficient (Wildman–Crippen LogP) is 6.79. The first-order valence-corrected chi connectivity index (χ1v) is 12.8. The number of hydrogen-bond donors (Lipinski definition) is 3. The smallest absolute Gasteiger partial charge is 0.255 e. The van der Waals surface area contributed by atoms with Crippen molar-refractivity contribution in [2.24, 2.45) is 0 Å². The Labute approximate surface area is 229 Å². The molecule has 4 aromatic heterocycles. The maximum atomic E-state index is 12.6. The normalized spacial score (nSPS) is 11.2. The van der Waals surface area contributed by atoms with Gasteiger partial charge in [0, 0.05) is 34.5 Å². The number of imidazole rings is 1. The quantitative estimate of drug-likeness (QED) is 0.231. The number of benzene rings is 3. The summed E-state index contributed by atoms with van der Waals surface area (Å²) in [6.45, 7) is 2.07. The van der Waals surface area contributed by atoms with Gasteiger partial charge in [0.2, 0.25) is 0 Å². The fourth-order valence-electron chi connectivity index (χ4n) is 4.82. The average Bonchev–Trinajstić information content (AvgIpc) is 3.62. The van der Waals surface area contributed by atoms with E-state index in [0.717, 1.165) is 44.2 Å². The number of fused-ring (bicyclic) bond motifs is 2. The van der Waals surface area contributed by atoms with Crippen molar-refractivity contribution >= 4 is 33.5 Å². The zero-order chi connectivity index (χ0) is 27.1. The number of aryl methyl sites for hydroxylation is 1. The van der Waals surface area contributed by atoms with Gasteiger partial charge >= 0.3 is 0 Å². The second kappa shape index (κ2) is 9.59. The number of aromatic nitrogens is 6. The van der Waals surface area contributed by atoms with Crippen LogP contribution in [0.15, 0.2) is 104 Å². The molecule has 0 aliphatic heterocycles. The molecule has 7 rings (SSSR count). The Hall–Kier alpha value is -5.63. The van der Waals surface area contributed by atoms with Crippen LogP contribution in [0.5, 0.6) is 0 Å². The lowest BCUT2D eigenvalue weighted by atomic mass is 10.0. The third-order valence-corrected chi connectivity index (χ3v) is 6.91. The van der Waals surface area contributed by atoms with Gasteiger partial charge in [-0.25, -0.2) is 4.98 Å². The number of H-pyrrole nitrogens is 2. The minimum atomic E-state index is -0.184. The summed E-state index contributed by atoms with van der Waals surface area (Å²) in [5, 5.41) is 11.6. The molecule has 0 aliphatic carbocycles. The molecule has 7 aromatic rings. The van der Waals surface area contributed by atoms with Crippen LogP contribution in [-0.2, 0) is 0 Å². The minimum absolute atomic E-state index is 0.184. The van der Waals surface area contributed by atoms with Gasteiger partial charge in [-0.05, 0) is 48.4 Å². The molecule has 3 aromatic carbocycles. The van der Waals surface area contributed by atoms with Crippen molar-refractivity contribution in [3.8, 4) is 33.8 Å². The summed E-state index contributed by atoms with van der Waals surface area (Å²) in [5.74, 6) is 0.471. The van der Waals surface area contributed by atoms with E-state index < -0.39 is 0 Å². The monoisotopic (exact) mass is 521 g/mol. The summed E-state index contributed by atoms with van der Waals surface area (Å²) in [6, 6.07) is 25.4. The molecule has 4 heterocycles. The molecule has 0 fully saturated rings. The molecule has 0 atom stereocenters. The predicted molar refractivity (Wildman–Crippen MR) is 157 cm³/mol. The number of hydrogen-bond acceptors (Lipinski definition) is 5. The van der Waals surface area contributed by atoms with Crippen LogP contribution in [0.2, 0.25) is 0 Å². The third kappa shape index (κ3) is 4.27. The third-order valence-electron chi connectivity index (χ3n) is 6.91. The van der Waals surface area contributed by atoms with E-state index >= 15 is 0 Å². The van der Waals surface area contributed by atoms with Crippen LogP contribution in [0.25, 0.3) is 55.7 Å². The Balaban J connectivity index is 1.25. The van der Waals surface area contributed by atoms with Gasteiger partial charge in [0.25, 0.3) is 5.91 Å². The van der Waals surface area contributed by atoms with Crippen molar-refractivity contribution in [2.75, 3.05) is 5.32 Å². The van der Waals surface area contributed by atoms with Crippen molar-refractivity contribution < 1.29 is 4.79 Å². The molecule has 0 aliphatic rings. The molecule has 0 unspecified atom stereocenters. The first-order valence-electron chi connectivity index (χ1n) is 12.8. The van der Waals surface area contributed by atoms with Crippen LogP contribution in [0, 0.1) is 6.92 Å². The van der Waals surface area contributed by atoms with E-state index in [1.165, 1.54) is 5.56 Å². The maximum Gasteiger partial charge on any atom is 0.255 e. The van der Waals surface area contributed by atoms with E-state index in [-0.39, 0.29) is 5.91 Å². The van der Waals surface area contributed by atoms with Crippen LogP contribution in [0.3, 0.4) is 0 Å². The lowest BCUT2D eigenvalue weighted by Gasteiger charge is -2.08. The standard InChI is InChI=1S/C32H23N7O/c1-19-7-9-20(10-8-19)26-17-34-18-28-29(26)37-31(36-28)30-25-14-22(11-12-27(25)38-39-30)23-13-24(16-33-15-23)35-32(40)21-5-3-2-4-6-21/h2-18H,1H3,(H,35,40)(H,36,37)(H,38,39).